The number of amides is 1. The SMILES string of the molecule is C[C@H](Oc1ccc(F)cc1)C(=O)Nc1cccc2ccccc12. The third-order valence-electron chi connectivity index (χ3n) is 3.54. The van der Waals surface area contributed by atoms with Gasteiger partial charge >= 0.3 is 0 Å². The Labute approximate surface area is 133 Å². The van der Waals surface area contributed by atoms with Crippen LogP contribution in [0.3, 0.4) is 0 Å². The minimum atomic E-state index is -0.695. The van der Waals surface area contributed by atoms with Gasteiger partial charge in [-0.2, -0.15) is 0 Å². The van der Waals surface area contributed by atoms with Crippen molar-refractivity contribution in [3.63, 3.8) is 0 Å². The first-order valence-corrected chi connectivity index (χ1v) is 7.34. The van der Waals surface area contributed by atoms with Crippen LogP contribution in [-0.2, 0) is 4.79 Å². The summed E-state index contributed by atoms with van der Waals surface area (Å²) in [6.07, 6.45) is -0.695. The monoisotopic (exact) mass is 309 g/mol. The van der Waals surface area contributed by atoms with Crippen molar-refractivity contribution in [1.29, 1.82) is 0 Å². The number of hydrogen-bond acceptors (Lipinski definition) is 2. The number of benzene rings is 3. The van der Waals surface area contributed by atoms with Gasteiger partial charge < -0.3 is 10.1 Å². The van der Waals surface area contributed by atoms with Crippen LogP contribution >= 0.6 is 0 Å². The van der Waals surface area contributed by atoms with Crippen LogP contribution in [-0.4, -0.2) is 12.0 Å². The van der Waals surface area contributed by atoms with Crippen molar-refractivity contribution in [2.45, 2.75) is 13.0 Å². The summed E-state index contributed by atoms with van der Waals surface area (Å²) in [6.45, 7) is 1.66. The van der Waals surface area contributed by atoms with E-state index >= 15 is 0 Å². The number of ether oxygens (including phenoxy) is 1. The third kappa shape index (κ3) is 3.48. The molecule has 0 aliphatic heterocycles. The summed E-state index contributed by atoms with van der Waals surface area (Å²) in [5.41, 5.74) is 0.739. The molecule has 1 atom stereocenters. The fraction of sp³-hybridized carbons (Fsp3) is 0.105. The van der Waals surface area contributed by atoms with Crippen LogP contribution < -0.4 is 10.1 Å². The molecule has 0 fully saturated rings. The van der Waals surface area contributed by atoms with Crippen molar-refractivity contribution in [3.05, 3.63) is 72.5 Å². The lowest BCUT2D eigenvalue weighted by atomic mass is 10.1. The van der Waals surface area contributed by atoms with E-state index in [0.717, 1.165) is 16.5 Å². The molecule has 1 N–H and O–H groups in total. The van der Waals surface area contributed by atoms with Gasteiger partial charge in [-0.05, 0) is 42.6 Å². The van der Waals surface area contributed by atoms with E-state index in [4.69, 9.17) is 4.74 Å². The lowest BCUT2D eigenvalue weighted by Crippen LogP contribution is -2.30. The van der Waals surface area contributed by atoms with Crippen molar-refractivity contribution in [1.82, 2.24) is 0 Å². The molecule has 0 bridgehead atoms. The molecule has 116 valence electrons. The fourth-order valence-corrected chi connectivity index (χ4v) is 2.34. The second-order valence-corrected chi connectivity index (χ2v) is 5.23. The quantitative estimate of drug-likeness (QED) is 0.776. The summed E-state index contributed by atoms with van der Waals surface area (Å²) >= 11 is 0. The highest BCUT2D eigenvalue weighted by atomic mass is 19.1. The molecule has 0 saturated heterocycles. The summed E-state index contributed by atoms with van der Waals surface area (Å²) < 4.78 is 18.4. The average molecular weight is 309 g/mol. The Bertz CT molecular complexity index is 825. The molecule has 0 saturated carbocycles. The van der Waals surface area contributed by atoms with E-state index in [2.05, 4.69) is 5.32 Å². The van der Waals surface area contributed by atoms with Gasteiger partial charge in [0.15, 0.2) is 6.10 Å². The van der Waals surface area contributed by atoms with Gasteiger partial charge in [-0.1, -0.05) is 36.4 Å². The van der Waals surface area contributed by atoms with Gasteiger partial charge in [-0.15, -0.1) is 0 Å². The first kappa shape index (κ1) is 15.0. The highest BCUT2D eigenvalue weighted by Gasteiger charge is 2.15. The molecule has 0 aromatic heterocycles. The first-order valence-electron chi connectivity index (χ1n) is 7.34. The second kappa shape index (κ2) is 6.48. The lowest BCUT2D eigenvalue weighted by Gasteiger charge is -2.15. The number of carbonyl (C=O) groups excluding carboxylic acids is 1. The van der Waals surface area contributed by atoms with Gasteiger partial charge in [0.25, 0.3) is 5.91 Å². The molecule has 23 heavy (non-hydrogen) atoms. The number of halogens is 1. The maximum Gasteiger partial charge on any atom is 0.265 e. The number of nitrogens with one attached hydrogen (secondary N) is 1. The molecule has 3 rings (SSSR count). The van der Waals surface area contributed by atoms with Gasteiger partial charge in [0.1, 0.15) is 11.6 Å². The standard InChI is InChI=1S/C19H16FNO2/c1-13(23-16-11-9-15(20)10-12-16)19(22)21-18-8-4-6-14-5-2-3-7-17(14)18/h2-13H,1H3,(H,21,22)/t13-/m0/s1. The van der Waals surface area contributed by atoms with E-state index in [9.17, 15) is 9.18 Å². The molecule has 3 nitrogen and oxygen atoms in total. The van der Waals surface area contributed by atoms with Crippen molar-refractivity contribution >= 4 is 22.4 Å². The maximum absolute atomic E-state index is 12.9. The zero-order valence-electron chi connectivity index (χ0n) is 12.6. The summed E-state index contributed by atoms with van der Waals surface area (Å²) in [5, 5.41) is 4.90. The number of hydrogen-bond donors (Lipinski definition) is 1. The van der Waals surface area contributed by atoms with Crippen LogP contribution in [0.15, 0.2) is 66.7 Å². The number of rotatable bonds is 4. The molecule has 4 heteroatoms. The predicted molar refractivity (Wildman–Crippen MR) is 89.1 cm³/mol. The van der Waals surface area contributed by atoms with E-state index in [1.54, 1.807) is 6.92 Å². The molecule has 1 amide bonds. The van der Waals surface area contributed by atoms with Crippen LogP contribution in [0, 0.1) is 5.82 Å². The molecule has 3 aromatic rings. The first-order chi connectivity index (χ1) is 11.1. The normalized spacial score (nSPS) is 11.9. The highest BCUT2D eigenvalue weighted by Crippen LogP contribution is 2.23. The van der Waals surface area contributed by atoms with E-state index in [-0.39, 0.29) is 11.7 Å². The number of anilines is 1. The number of fused-ring (bicyclic) bond motifs is 1. The van der Waals surface area contributed by atoms with Crippen molar-refractivity contribution < 1.29 is 13.9 Å². The van der Waals surface area contributed by atoms with E-state index in [1.165, 1.54) is 24.3 Å². The maximum atomic E-state index is 12.9. The van der Waals surface area contributed by atoms with Crippen molar-refractivity contribution in [2.75, 3.05) is 5.32 Å². The molecule has 3 aromatic carbocycles. The Hall–Kier alpha value is -2.88. The number of carbonyl (C=O) groups is 1. The topological polar surface area (TPSA) is 38.3 Å². The van der Waals surface area contributed by atoms with E-state index in [1.807, 2.05) is 42.5 Å². The van der Waals surface area contributed by atoms with Gasteiger partial charge in [-0.25, -0.2) is 4.39 Å². The van der Waals surface area contributed by atoms with Gasteiger partial charge in [-0.3, -0.25) is 4.79 Å². The smallest absolute Gasteiger partial charge is 0.265 e. The summed E-state index contributed by atoms with van der Waals surface area (Å²) in [5.74, 6) is -0.150. The third-order valence-corrected chi connectivity index (χ3v) is 3.54. The Kier molecular flexibility index (Phi) is 4.24. The highest BCUT2D eigenvalue weighted by molar-refractivity contribution is 6.03. The average Bonchev–Trinajstić information content (AvgIpc) is 2.57. The van der Waals surface area contributed by atoms with Crippen LogP contribution in [0.2, 0.25) is 0 Å². The van der Waals surface area contributed by atoms with Gasteiger partial charge in [0.05, 0.1) is 0 Å². The molecular weight excluding hydrogens is 293 g/mol. The molecule has 0 radical (unpaired) electrons. The summed E-state index contributed by atoms with van der Waals surface area (Å²) in [4.78, 5) is 12.3. The molecule has 0 aliphatic rings. The fourth-order valence-electron chi connectivity index (χ4n) is 2.34. The minimum Gasteiger partial charge on any atom is -0.481 e. The zero-order chi connectivity index (χ0) is 16.2. The lowest BCUT2D eigenvalue weighted by molar-refractivity contribution is -0.122. The van der Waals surface area contributed by atoms with Crippen molar-refractivity contribution in [3.8, 4) is 5.75 Å². The van der Waals surface area contributed by atoms with Crippen LogP contribution in [0.5, 0.6) is 5.75 Å². The zero-order valence-corrected chi connectivity index (χ0v) is 12.6. The van der Waals surface area contributed by atoms with Gasteiger partial charge in [0, 0.05) is 11.1 Å². The molecule has 0 spiro atoms. The molecule has 0 heterocycles. The Morgan fingerprint density at radius 3 is 2.48 bits per heavy atom. The largest absolute Gasteiger partial charge is 0.481 e. The minimum absolute atomic E-state index is 0.259. The Balaban J connectivity index is 1.74. The Morgan fingerprint density at radius 2 is 1.70 bits per heavy atom. The van der Waals surface area contributed by atoms with Crippen LogP contribution in [0.4, 0.5) is 10.1 Å². The van der Waals surface area contributed by atoms with Gasteiger partial charge in [0.2, 0.25) is 0 Å². The molecule has 0 unspecified atom stereocenters. The summed E-state index contributed by atoms with van der Waals surface area (Å²) in [6, 6.07) is 19.1. The van der Waals surface area contributed by atoms with Crippen molar-refractivity contribution in [2.24, 2.45) is 0 Å². The molecular formula is C19H16FNO2. The summed E-state index contributed by atoms with van der Waals surface area (Å²) in [7, 11) is 0. The van der Waals surface area contributed by atoms with E-state index < -0.39 is 6.10 Å². The Morgan fingerprint density at radius 1 is 1.00 bits per heavy atom. The van der Waals surface area contributed by atoms with E-state index in [0.29, 0.717) is 5.75 Å². The van der Waals surface area contributed by atoms with Crippen LogP contribution in [0.25, 0.3) is 10.8 Å². The predicted octanol–water partition coefficient (Wildman–Crippen LogP) is 4.38. The van der Waals surface area contributed by atoms with Crippen LogP contribution in [0.1, 0.15) is 6.92 Å². The second-order valence-electron chi connectivity index (χ2n) is 5.23. The molecule has 0 aliphatic carbocycles.